The van der Waals surface area contributed by atoms with Gasteiger partial charge in [-0.3, -0.25) is 9.58 Å². The van der Waals surface area contributed by atoms with Crippen LogP contribution >= 0.6 is 0 Å². The maximum atomic E-state index is 13.1. The Morgan fingerprint density at radius 1 is 1.03 bits per heavy atom. The standard InChI is InChI=1S/C24H28FN5O/c1-16-11-26-29(2)24(16)22-7-8-23(28-27-22)31-15-18-9-19-13-30(14-20(19)10-18)12-17-3-5-21(25)6-4-17/h3-8,11,18-20H,9-10,12-15H2,1-2H3/t18?,19-,20+. The van der Waals surface area contributed by atoms with Gasteiger partial charge in [-0.1, -0.05) is 12.1 Å². The zero-order valence-electron chi connectivity index (χ0n) is 18.0. The number of hydrogen-bond acceptors (Lipinski definition) is 5. The fourth-order valence-electron chi connectivity index (χ4n) is 5.28. The summed E-state index contributed by atoms with van der Waals surface area (Å²) in [6.07, 6.45) is 4.23. The molecule has 5 rings (SSSR count). The maximum absolute atomic E-state index is 13.1. The minimum atomic E-state index is -0.170. The number of fused-ring (bicyclic) bond motifs is 1. The van der Waals surface area contributed by atoms with Gasteiger partial charge in [-0.2, -0.15) is 5.10 Å². The lowest BCUT2D eigenvalue weighted by molar-refractivity contribution is 0.219. The lowest BCUT2D eigenvalue weighted by Crippen LogP contribution is -2.23. The number of halogens is 1. The summed E-state index contributed by atoms with van der Waals surface area (Å²) in [6.45, 7) is 5.87. The van der Waals surface area contributed by atoms with E-state index >= 15 is 0 Å². The zero-order chi connectivity index (χ0) is 21.4. The monoisotopic (exact) mass is 421 g/mol. The van der Waals surface area contributed by atoms with Crippen molar-refractivity contribution in [3.63, 3.8) is 0 Å². The van der Waals surface area contributed by atoms with Crippen molar-refractivity contribution < 1.29 is 9.13 Å². The van der Waals surface area contributed by atoms with Crippen LogP contribution < -0.4 is 4.74 Å². The third-order valence-electron chi connectivity index (χ3n) is 6.72. The van der Waals surface area contributed by atoms with Crippen molar-refractivity contribution in [2.45, 2.75) is 26.3 Å². The molecular formula is C24H28FN5O. The van der Waals surface area contributed by atoms with E-state index in [1.54, 1.807) is 12.1 Å². The van der Waals surface area contributed by atoms with Crippen LogP contribution in [0.1, 0.15) is 24.0 Å². The number of benzene rings is 1. The molecule has 2 fully saturated rings. The smallest absolute Gasteiger partial charge is 0.233 e. The summed E-state index contributed by atoms with van der Waals surface area (Å²) < 4.78 is 20.9. The lowest BCUT2D eigenvalue weighted by atomic mass is 10.0. The van der Waals surface area contributed by atoms with Crippen molar-refractivity contribution in [2.24, 2.45) is 24.8 Å². The molecule has 1 unspecified atom stereocenters. The zero-order valence-corrected chi connectivity index (χ0v) is 18.0. The fraction of sp³-hybridized carbons (Fsp3) is 0.458. The molecule has 3 heterocycles. The number of aromatic nitrogens is 4. The second kappa shape index (κ2) is 8.38. The summed E-state index contributed by atoms with van der Waals surface area (Å²) in [7, 11) is 1.91. The van der Waals surface area contributed by atoms with E-state index in [2.05, 4.69) is 20.2 Å². The molecule has 0 radical (unpaired) electrons. The summed E-state index contributed by atoms with van der Waals surface area (Å²) in [5.74, 6) is 2.45. The molecular weight excluding hydrogens is 393 g/mol. The molecule has 1 aliphatic carbocycles. The van der Waals surface area contributed by atoms with Crippen LogP contribution in [-0.4, -0.2) is 44.6 Å². The minimum Gasteiger partial charge on any atom is -0.476 e. The number of aryl methyl sites for hydroxylation is 2. The molecule has 0 N–H and O–H groups in total. The Morgan fingerprint density at radius 2 is 1.77 bits per heavy atom. The molecule has 6 nitrogen and oxygen atoms in total. The Balaban J connectivity index is 1.11. The van der Waals surface area contributed by atoms with Gasteiger partial charge in [0, 0.05) is 32.7 Å². The van der Waals surface area contributed by atoms with Gasteiger partial charge in [0.1, 0.15) is 11.5 Å². The van der Waals surface area contributed by atoms with E-state index in [4.69, 9.17) is 4.74 Å². The quantitative estimate of drug-likeness (QED) is 0.605. The van der Waals surface area contributed by atoms with Crippen LogP contribution in [0.2, 0.25) is 0 Å². The molecule has 31 heavy (non-hydrogen) atoms. The third kappa shape index (κ3) is 4.32. The molecule has 1 saturated heterocycles. The Hall–Kier alpha value is -2.80. The number of rotatable bonds is 6. The van der Waals surface area contributed by atoms with Crippen molar-refractivity contribution in [2.75, 3.05) is 19.7 Å². The van der Waals surface area contributed by atoms with Crippen LogP contribution in [0.4, 0.5) is 4.39 Å². The highest BCUT2D eigenvalue weighted by atomic mass is 19.1. The van der Waals surface area contributed by atoms with Crippen LogP contribution in [0.25, 0.3) is 11.4 Å². The second-order valence-corrected chi connectivity index (χ2v) is 9.05. The lowest BCUT2D eigenvalue weighted by Gasteiger charge is -2.19. The summed E-state index contributed by atoms with van der Waals surface area (Å²) in [5, 5.41) is 12.9. The normalized spacial score (nSPS) is 23.3. The first-order valence-corrected chi connectivity index (χ1v) is 11.0. The van der Waals surface area contributed by atoms with Crippen LogP contribution in [-0.2, 0) is 13.6 Å². The maximum Gasteiger partial charge on any atom is 0.233 e. The Labute approximate surface area is 182 Å². The first-order chi connectivity index (χ1) is 15.0. The molecule has 3 aromatic rings. The number of likely N-dealkylation sites (tertiary alicyclic amines) is 1. The van der Waals surface area contributed by atoms with Crippen molar-refractivity contribution in [3.8, 4) is 17.3 Å². The molecule has 1 saturated carbocycles. The predicted octanol–water partition coefficient (Wildman–Crippen LogP) is 3.86. The molecule has 7 heteroatoms. The van der Waals surface area contributed by atoms with E-state index in [0.717, 1.165) is 48.4 Å². The summed E-state index contributed by atoms with van der Waals surface area (Å²) in [5.41, 5.74) is 4.05. The van der Waals surface area contributed by atoms with Gasteiger partial charge in [0.15, 0.2) is 0 Å². The largest absolute Gasteiger partial charge is 0.476 e. The van der Waals surface area contributed by atoms with Gasteiger partial charge in [-0.25, -0.2) is 4.39 Å². The van der Waals surface area contributed by atoms with Gasteiger partial charge in [0.05, 0.1) is 18.5 Å². The molecule has 162 valence electrons. The SMILES string of the molecule is Cc1cnn(C)c1-c1ccc(OCC2C[C@@H]3CN(Cc4ccc(F)cc4)C[C@@H]3C2)nn1. The number of ether oxygens (including phenoxy) is 1. The van der Waals surface area contributed by atoms with E-state index < -0.39 is 0 Å². The molecule has 2 aromatic heterocycles. The molecule has 0 spiro atoms. The van der Waals surface area contributed by atoms with Crippen molar-refractivity contribution in [3.05, 3.63) is 59.5 Å². The highest BCUT2D eigenvalue weighted by molar-refractivity contribution is 5.58. The van der Waals surface area contributed by atoms with E-state index in [0.29, 0.717) is 18.4 Å². The second-order valence-electron chi connectivity index (χ2n) is 9.05. The highest BCUT2D eigenvalue weighted by Gasteiger charge is 2.40. The van der Waals surface area contributed by atoms with Gasteiger partial charge in [0.2, 0.25) is 5.88 Å². The number of hydrogen-bond donors (Lipinski definition) is 0. The average molecular weight is 422 g/mol. The number of nitrogens with zero attached hydrogens (tertiary/aromatic N) is 5. The van der Waals surface area contributed by atoms with Crippen LogP contribution in [0.15, 0.2) is 42.6 Å². The first-order valence-electron chi connectivity index (χ1n) is 11.0. The van der Waals surface area contributed by atoms with Gasteiger partial charge >= 0.3 is 0 Å². The summed E-state index contributed by atoms with van der Waals surface area (Å²) in [4.78, 5) is 2.50. The van der Waals surface area contributed by atoms with Gasteiger partial charge in [-0.15, -0.1) is 10.2 Å². The fourth-order valence-corrected chi connectivity index (χ4v) is 5.28. The van der Waals surface area contributed by atoms with Crippen LogP contribution in [0, 0.1) is 30.5 Å². The Bertz CT molecular complexity index is 1000. The molecule has 1 aliphatic heterocycles. The molecule has 2 aliphatic rings. The third-order valence-corrected chi connectivity index (χ3v) is 6.72. The average Bonchev–Trinajstić information content (AvgIpc) is 3.41. The minimum absolute atomic E-state index is 0.170. The molecule has 0 bridgehead atoms. The summed E-state index contributed by atoms with van der Waals surface area (Å²) in [6, 6.07) is 10.7. The van der Waals surface area contributed by atoms with Crippen molar-refractivity contribution in [1.82, 2.24) is 24.9 Å². The van der Waals surface area contributed by atoms with Gasteiger partial charge in [0.25, 0.3) is 0 Å². The topological polar surface area (TPSA) is 56.1 Å². The molecule has 0 amide bonds. The van der Waals surface area contributed by atoms with E-state index in [-0.39, 0.29) is 5.82 Å². The Morgan fingerprint density at radius 3 is 2.39 bits per heavy atom. The van der Waals surface area contributed by atoms with Crippen molar-refractivity contribution >= 4 is 0 Å². The molecule has 3 atom stereocenters. The van der Waals surface area contributed by atoms with E-state index in [1.165, 1.54) is 18.4 Å². The van der Waals surface area contributed by atoms with E-state index in [1.807, 2.05) is 49.1 Å². The van der Waals surface area contributed by atoms with Gasteiger partial charge < -0.3 is 4.74 Å². The van der Waals surface area contributed by atoms with Crippen LogP contribution in [0.3, 0.4) is 0 Å². The molecule has 1 aromatic carbocycles. The first kappa shape index (κ1) is 20.1. The van der Waals surface area contributed by atoms with Crippen molar-refractivity contribution in [1.29, 1.82) is 0 Å². The predicted molar refractivity (Wildman–Crippen MR) is 116 cm³/mol. The van der Waals surface area contributed by atoms with Crippen LogP contribution in [0.5, 0.6) is 5.88 Å². The van der Waals surface area contributed by atoms with Gasteiger partial charge in [-0.05, 0) is 66.8 Å². The van der Waals surface area contributed by atoms with E-state index in [9.17, 15) is 4.39 Å². The Kier molecular flexibility index (Phi) is 5.44. The summed E-state index contributed by atoms with van der Waals surface area (Å²) >= 11 is 0. The highest BCUT2D eigenvalue weighted by Crippen LogP contribution is 2.42.